The number of nitriles is 1. The molecular weight excluding hydrogens is 295 g/mol. The van der Waals surface area contributed by atoms with Crippen LogP contribution < -0.4 is 5.32 Å². The second kappa shape index (κ2) is 6.19. The van der Waals surface area contributed by atoms with Crippen LogP contribution in [0.5, 0.6) is 0 Å². The molecule has 2 heterocycles. The van der Waals surface area contributed by atoms with Gasteiger partial charge in [-0.3, -0.25) is 14.6 Å². The van der Waals surface area contributed by atoms with E-state index in [0.29, 0.717) is 0 Å². The number of hydrogen-bond acceptors (Lipinski definition) is 6. The van der Waals surface area contributed by atoms with Crippen LogP contribution in [0.4, 0.5) is 9.52 Å². The number of anilines is 1. The summed E-state index contributed by atoms with van der Waals surface area (Å²) in [6.07, 6.45) is 0.941. The molecule has 0 radical (unpaired) electrons. The third-order valence-corrected chi connectivity index (χ3v) is 3.23. The van der Waals surface area contributed by atoms with Crippen LogP contribution in [0.1, 0.15) is 29.0 Å². The van der Waals surface area contributed by atoms with E-state index in [1.54, 1.807) is 0 Å². The molecule has 0 bridgehead atoms. The Labute approximate surface area is 123 Å². The molecule has 106 valence electrons. The highest BCUT2D eigenvalue weighted by molar-refractivity contribution is 7.14. The molecule has 1 amide bonds. The minimum atomic E-state index is -1.17. The summed E-state index contributed by atoms with van der Waals surface area (Å²) in [5.41, 5.74) is 0.208. The quantitative estimate of drug-likeness (QED) is 0.873. The maximum absolute atomic E-state index is 12.8. The number of nitrogens with one attached hydrogen (secondary N) is 1. The van der Waals surface area contributed by atoms with Crippen LogP contribution >= 0.6 is 11.3 Å². The van der Waals surface area contributed by atoms with Crippen LogP contribution in [0.15, 0.2) is 23.7 Å². The van der Waals surface area contributed by atoms with Gasteiger partial charge in [-0.2, -0.15) is 5.26 Å². The van der Waals surface area contributed by atoms with Gasteiger partial charge in [0.1, 0.15) is 11.5 Å². The molecule has 1 atom stereocenters. The van der Waals surface area contributed by atoms with Crippen LogP contribution in [0.2, 0.25) is 0 Å². The Morgan fingerprint density at radius 1 is 1.48 bits per heavy atom. The van der Waals surface area contributed by atoms with Gasteiger partial charge in [-0.15, -0.1) is 11.3 Å². The van der Waals surface area contributed by atoms with Gasteiger partial charge in [0.15, 0.2) is 11.0 Å². The normalized spacial score (nSPS) is 11.5. The molecule has 2 aromatic rings. The molecule has 0 aliphatic rings. The van der Waals surface area contributed by atoms with Crippen molar-refractivity contribution < 1.29 is 14.0 Å². The lowest BCUT2D eigenvalue weighted by Crippen LogP contribution is -2.13. The average molecular weight is 304 g/mol. The van der Waals surface area contributed by atoms with E-state index in [9.17, 15) is 14.0 Å². The fourth-order valence-corrected chi connectivity index (χ4v) is 2.31. The van der Waals surface area contributed by atoms with Crippen LogP contribution in [0, 0.1) is 17.1 Å². The lowest BCUT2D eigenvalue weighted by molar-refractivity contribution is -0.114. The molecular formula is C13H9FN4O2S. The standard InChI is InChI=1S/C13H9FN4O2S/c1-7(19)17-13-18-11(6-21-13)12(20)9(4-15)10-3-2-8(14)5-16-10/h2-3,5-6,9H,1H3,(H,17,18,19)/t9-/m0/s1. The molecule has 0 saturated carbocycles. The molecule has 21 heavy (non-hydrogen) atoms. The third-order valence-electron chi connectivity index (χ3n) is 2.48. The van der Waals surface area contributed by atoms with Gasteiger partial charge >= 0.3 is 0 Å². The van der Waals surface area contributed by atoms with Crippen molar-refractivity contribution in [3.63, 3.8) is 0 Å². The number of pyridine rings is 1. The molecule has 0 unspecified atom stereocenters. The van der Waals surface area contributed by atoms with Gasteiger partial charge in [-0.05, 0) is 12.1 Å². The molecule has 2 rings (SSSR count). The van der Waals surface area contributed by atoms with E-state index in [1.165, 1.54) is 18.4 Å². The molecule has 0 saturated heterocycles. The Balaban J connectivity index is 2.24. The van der Waals surface area contributed by atoms with Gasteiger partial charge in [0.05, 0.1) is 18.0 Å². The lowest BCUT2D eigenvalue weighted by Gasteiger charge is -2.05. The summed E-state index contributed by atoms with van der Waals surface area (Å²) in [6.45, 7) is 1.32. The summed E-state index contributed by atoms with van der Waals surface area (Å²) in [5.74, 6) is -2.58. The molecule has 0 fully saturated rings. The first-order valence-corrected chi connectivity index (χ1v) is 6.67. The van der Waals surface area contributed by atoms with Crippen LogP contribution in [0.25, 0.3) is 0 Å². The van der Waals surface area contributed by atoms with E-state index in [2.05, 4.69) is 15.3 Å². The van der Waals surface area contributed by atoms with Gasteiger partial charge in [0, 0.05) is 12.3 Å². The largest absolute Gasteiger partial charge is 0.302 e. The first kappa shape index (κ1) is 14.7. The van der Waals surface area contributed by atoms with Gasteiger partial charge < -0.3 is 5.32 Å². The molecule has 1 N–H and O–H groups in total. The average Bonchev–Trinajstić information content (AvgIpc) is 2.89. The number of carbonyl (C=O) groups is 2. The molecule has 6 nitrogen and oxygen atoms in total. The SMILES string of the molecule is CC(=O)Nc1nc(C(=O)[C@@H](C#N)c2ccc(F)cn2)cs1. The van der Waals surface area contributed by atoms with Crippen molar-refractivity contribution in [2.75, 3.05) is 5.32 Å². The molecule has 2 aromatic heterocycles. The lowest BCUT2D eigenvalue weighted by atomic mass is 9.99. The number of Topliss-reactive ketones (excluding diaryl/α,β-unsaturated/α-hetero) is 1. The molecule has 8 heteroatoms. The van der Waals surface area contributed by atoms with Crippen molar-refractivity contribution in [1.82, 2.24) is 9.97 Å². The van der Waals surface area contributed by atoms with Gasteiger partial charge in [-0.25, -0.2) is 9.37 Å². The van der Waals surface area contributed by atoms with Gasteiger partial charge in [0.25, 0.3) is 0 Å². The van der Waals surface area contributed by atoms with Crippen LogP contribution in [-0.4, -0.2) is 21.7 Å². The second-order valence-corrected chi connectivity index (χ2v) is 4.90. The van der Waals surface area contributed by atoms with Gasteiger partial charge in [0.2, 0.25) is 11.7 Å². The Hall–Kier alpha value is -2.66. The highest BCUT2D eigenvalue weighted by Crippen LogP contribution is 2.22. The maximum Gasteiger partial charge on any atom is 0.223 e. The van der Waals surface area contributed by atoms with E-state index in [1.807, 2.05) is 6.07 Å². The van der Waals surface area contributed by atoms with Crippen molar-refractivity contribution in [1.29, 1.82) is 5.26 Å². The predicted molar refractivity (Wildman–Crippen MR) is 73.3 cm³/mol. The number of rotatable bonds is 4. The van der Waals surface area contributed by atoms with Crippen molar-refractivity contribution in [3.8, 4) is 6.07 Å². The number of amides is 1. The van der Waals surface area contributed by atoms with E-state index in [0.717, 1.165) is 23.6 Å². The highest BCUT2D eigenvalue weighted by atomic mass is 32.1. The highest BCUT2D eigenvalue weighted by Gasteiger charge is 2.25. The molecule has 0 aliphatic carbocycles. The third kappa shape index (κ3) is 3.46. The van der Waals surface area contributed by atoms with Crippen LogP contribution in [0.3, 0.4) is 0 Å². The summed E-state index contributed by atoms with van der Waals surface area (Å²) in [7, 11) is 0. The van der Waals surface area contributed by atoms with Crippen molar-refractivity contribution in [3.05, 3.63) is 40.9 Å². The van der Waals surface area contributed by atoms with E-state index >= 15 is 0 Å². The number of thiazole rings is 1. The number of aromatic nitrogens is 2. The number of carbonyl (C=O) groups excluding carboxylic acids is 2. The van der Waals surface area contributed by atoms with Crippen molar-refractivity contribution >= 4 is 28.2 Å². The molecule has 0 aromatic carbocycles. The minimum Gasteiger partial charge on any atom is -0.302 e. The Morgan fingerprint density at radius 2 is 2.24 bits per heavy atom. The summed E-state index contributed by atoms with van der Waals surface area (Å²) >= 11 is 1.08. The summed E-state index contributed by atoms with van der Waals surface area (Å²) in [6, 6.07) is 4.24. The summed E-state index contributed by atoms with van der Waals surface area (Å²) in [5, 5.41) is 13.3. The fraction of sp³-hybridized carbons (Fsp3) is 0.154. The minimum absolute atomic E-state index is 0.0569. The maximum atomic E-state index is 12.8. The zero-order chi connectivity index (χ0) is 15.4. The van der Waals surface area contributed by atoms with E-state index in [-0.39, 0.29) is 22.4 Å². The van der Waals surface area contributed by atoms with E-state index in [4.69, 9.17) is 5.26 Å². The zero-order valence-electron chi connectivity index (χ0n) is 10.8. The number of hydrogen-bond donors (Lipinski definition) is 1. The summed E-state index contributed by atoms with van der Waals surface area (Å²) in [4.78, 5) is 30.8. The number of halogens is 1. The first-order chi connectivity index (χ1) is 10.0. The predicted octanol–water partition coefficient (Wildman–Crippen LogP) is 2.13. The topological polar surface area (TPSA) is 95.7 Å². The number of nitrogens with zero attached hydrogens (tertiary/aromatic N) is 3. The van der Waals surface area contributed by atoms with E-state index < -0.39 is 17.5 Å². The second-order valence-electron chi connectivity index (χ2n) is 4.05. The molecule has 0 spiro atoms. The first-order valence-electron chi connectivity index (χ1n) is 5.79. The van der Waals surface area contributed by atoms with Crippen molar-refractivity contribution in [2.24, 2.45) is 0 Å². The smallest absolute Gasteiger partial charge is 0.223 e. The van der Waals surface area contributed by atoms with Crippen LogP contribution in [-0.2, 0) is 4.79 Å². The fourth-order valence-electron chi connectivity index (χ4n) is 1.56. The Bertz CT molecular complexity index is 721. The van der Waals surface area contributed by atoms with Gasteiger partial charge in [-0.1, -0.05) is 0 Å². The zero-order valence-corrected chi connectivity index (χ0v) is 11.6. The number of ketones is 1. The Kier molecular flexibility index (Phi) is 4.35. The summed E-state index contributed by atoms with van der Waals surface area (Å²) < 4.78 is 12.8. The van der Waals surface area contributed by atoms with Crippen molar-refractivity contribution in [2.45, 2.75) is 12.8 Å². The molecule has 0 aliphatic heterocycles. The monoisotopic (exact) mass is 304 g/mol. The Morgan fingerprint density at radius 3 is 2.81 bits per heavy atom.